The molecule has 25 heavy (non-hydrogen) atoms. The maximum Gasteiger partial charge on any atom is 0.238 e. The molecule has 6 heteroatoms. The number of aryl methyl sites for hydroxylation is 2. The Morgan fingerprint density at radius 3 is 2.28 bits per heavy atom. The average Bonchev–Trinajstić information content (AvgIpc) is 2.53. The topological polar surface area (TPSA) is 73.0 Å². The maximum atomic E-state index is 14.4. The fourth-order valence-corrected chi connectivity index (χ4v) is 3.39. The first kappa shape index (κ1) is 17.3. The summed E-state index contributed by atoms with van der Waals surface area (Å²) in [5, 5.41) is 5.17. The van der Waals surface area contributed by atoms with Crippen molar-refractivity contribution in [1.29, 1.82) is 0 Å². The lowest BCUT2D eigenvalue weighted by atomic mass is 9.96. The second kappa shape index (κ2) is 6.38. The molecule has 1 aromatic heterocycles. The summed E-state index contributed by atoms with van der Waals surface area (Å²) in [5.41, 5.74) is 4.23. The van der Waals surface area contributed by atoms with Gasteiger partial charge in [-0.25, -0.2) is 17.9 Å². The number of halogens is 1. The fourth-order valence-electron chi connectivity index (χ4n) is 2.85. The highest BCUT2D eigenvalue weighted by Crippen LogP contribution is 2.33. The van der Waals surface area contributed by atoms with Gasteiger partial charge in [0.1, 0.15) is 5.82 Å². The molecular weight excluding hydrogens is 339 g/mol. The lowest BCUT2D eigenvalue weighted by molar-refractivity contribution is 0.596. The molecule has 2 N–H and O–H groups in total. The van der Waals surface area contributed by atoms with E-state index < -0.39 is 15.8 Å². The van der Waals surface area contributed by atoms with Crippen LogP contribution in [0, 0.1) is 19.7 Å². The van der Waals surface area contributed by atoms with Gasteiger partial charge in [-0.1, -0.05) is 35.4 Å². The van der Waals surface area contributed by atoms with Crippen LogP contribution in [0.4, 0.5) is 4.39 Å². The average molecular weight is 356 g/mol. The van der Waals surface area contributed by atoms with Gasteiger partial charge in [0.2, 0.25) is 10.0 Å². The zero-order chi connectivity index (χ0) is 18.2. The molecular formula is C19H17FN2O2S. The Morgan fingerprint density at radius 1 is 0.960 bits per heavy atom. The van der Waals surface area contributed by atoms with Gasteiger partial charge in [0, 0.05) is 17.3 Å². The second-order valence-electron chi connectivity index (χ2n) is 5.96. The van der Waals surface area contributed by atoms with Crippen molar-refractivity contribution in [3.05, 3.63) is 71.7 Å². The van der Waals surface area contributed by atoms with Crippen LogP contribution in [-0.2, 0) is 10.0 Å². The van der Waals surface area contributed by atoms with Crippen molar-refractivity contribution in [3.8, 4) is 22.4 Å². The van der Waals surface area contributed by atoms with E-state index >= 15 is 0 Å². The first-order chi connectivity index (χ1) is 11.8. The number of hydrogen-bond acceptors (Lipinski definition) is 3. The van der Waals surface area contributed by atoms with Gasteiger partial charge in [-0.3, -0.25) is 4.98 Å². The molecule has 4 nitrogen and oxygen atoms in total. The molecule has 0 spiro atoms. The number of nitrogens with two attached hydrogens (primary N) is 1. The summed E-state index contributed by atoms with van der Waals surface area (Å²) in [6, 6.07) is 13.1. The summed E-state index contributed by atoms with van der Waals surface area (Å²) < 4.78 is 37.6. The van der Waals surface area contributed by atoms with E-state index in [1.807, 2.05) is 38.1 Å². The number of hydrogen-bond donors (Lipinski definition) is 1. The molecule has 0 saturated carbocycles. The molecule has 0 radical (unpaired) electrons. The minimum Gasteiger partial charge on any atom is -0.255 e. The molecule has 0 atom stereocenters. The Bertz CT molecular complexity index is 1040. The quantitative estimate of drug-likeness (QED) is 0.775. The van der Waals surface area contributed by atoms with Gasteiger partial charge in [0.05, 0.1) is 10.6 Å². The molecule has 0 aliphatic rings. The van der Waals surface area contributed by atoms with E-state index in [1.54, 1.807) is 12.3 Å². The van der Waals surface area contributed by atoms with E-state index in [0.717, 1.165) is 34.4 Å². The summed E-state index contributed by atoms with van der Waals surface area (Å²) in [4.78, 5) is 4.14. The van der Waals surface area contributed by atoms with Gasteiger partial charge in [-0.2, -0.15) is 0 Å². The van der Waals surface area contributed by atoms with E-state index in [0.29, 0.717) is 5.69 Å². The molecule has 0 fully saturated rings. The predicted octanol–water partition coefficient (Wildman–Crippen LogP) is 3.82. The smallest absolute Gasteiger partial charge is 0.238 e. The monoisotopic (exact) mass is 356 g/mol. The van der Waals surface area contributed by atoms with Gasteiger partial charge in [0.15, 0.2) is 0 Å². The number of aromatic nitrogens is 1. The molecule has 0 aliphatic heterocycles. The number of nitrogens with zero attached hydrogens (tertiary/aromatic N) is 1. The van der Waals surface area contributed by atoms with Crippen molar-refractivity contribution in [2.45, 2.75) is 18.7 Å². The molecule has 0 amide bonds. The fraction of sp³-hybridized carbons (Fsp3) is 0.105. The van der Waals surface area contributed by atoms with Crippen molar-refractivity contribution in [2.24, 2.45) is 5.14 Å². The third kappa shape index (κ3) is 3.60. The molecule has 3 aromatic rings. The Kier molecular flexibility index (Phi) is 4.41. The van der Waals surface area contributed by atoms with Crippen molar-refractivity contribution in [2.75, 3.05) is 0 Å². The van der Waals surface area contributed by atoms with Crippen LogP contribution in [0.15, 0.2) is 59.6 Å². The van der Waals surface area contributed by atoms with Crippen LogP contribution in [0.25, 0.3) is 22.4 Å². The van der Waals surface area contributed by atoms with Gasteiger partial charge >= 0.3 is 0 Å². The standard InChI is InChI=1S/C19H17FN2O2S/c1-12-8-13(2)10-14(9-12)16-4-3-7-22-19(16)17-11-15(25(21,23)24)5-6-18(17)20/h3-11H,1-2H3,(H2,21,23,24). The number of sulfonamides is 1. The van der Waals surface area contributed by atoms with Crippen LogP contribution < -0.4 is 5.14 Å². The molecule has 3 rings (SSSR count). The summed E-state index contributed by atoms with van der Waals surface area (Å²) in [7, 11) is -3.94. The van der Waals surface area contributed by atoms with Gasteiger partial charge < -0.3 is 0 Å². The van der Waals surface area contributed by atoms with Crippen LogP contribution in [0.5, 0.6) is 0 Å². The van der Waals surface area contributed by atoms with Crippen LogP contribution >= 0.6 is 0 Å². The Hall–Kier alpha value is -2.57. The number of primary sulfonamides is 1. The van der Waals surface area contributed by atoms with E-state index in [2.05, 4.69) is 4.98 Å². The molecule has 0 bridgehead atoms. The highest BCUT2D eigenvalue weighted by Gasteiger charge is 2.17. The predicted molar refractivity (Wildman–Crippen MR) is 95.9 cm³/mol. The molecule has 1 heterocycles. The number of benzene rings is 2. The highest BCUT2D eigenvalue weighted by atomic mass is 32.2. The molecule has 0 aliphatic carbocycles. The minimum atomic E-state index is -3.94. The Balaban J connectivity index is 2.27. The molecule has 0 unspecified atom stereocenters. The van der Waals surface area contributed by atoms with Crippen LogP contribution in [-0.4, -0.2) is 13.4 Å². The third-order valence-electron chi connectivity index (χ3n) is 3.86. The van der Waals surface area contributed by atoms with Crippen LogP contribution in [0.1, 0.15) is 11.1 Å². The molecule has 0 saturated heterocycles. The largest absolute Gasteiger partial charge is 0.255 e. The SMILES string of the molecule is Cc1cc(C)cc(-c2cccnc2-c2cc(S(N)(=O)=O)ccc2F)c1. The Labute approximate surface area is 146 Å². The zero-order valence-electron chi connectivity index (χ0n) is 13.8. The van der Waals surface area contributed by atoms with E-state index in [1.165, 1.54) is 6.07 Å². The molecule has 2 aromatic carbocycles. The summed E-state index contributed by atoms with van der Waals surface area (Å²) in [6.45, 7) is 3.96. The van der Waals surface area contributed by atoms with Gasteiger partial charge in [-0.15, -0.1) is 0 Å². The third-order valence-corrected chi connectivity index (χ3v) is 4.77. The van der Waals surface area contributed by atoms with E-state index in [4.69, 9.17) is 5.14 Å². The summed E-state index contributed by atoms with van der Waals surface area (Å²) in [5.74, 6) is -0.559. The highest BCUT2D eigenvalue weighted by molar-refractivity contribution is 7.89. The van der Waals surface area contributed by atoms with E-state index in [-0.39, 0.29) is 10.5 Å². The van der Waals surface area contributed by atoms with Crippen molar-refractivity contribution >= 4 is 10.0 Å². The molecule has 128 valence electrons. The van der Waals surface area contributed by atoms with Crippen LogP contribution in [0.2, 0.25) is 0 Å². The lowest BCUT2D eigenvalue weighted by Crippen LogP contribution is -2.12. The van der Waals surface area contributed by atoms with Gasteiger partial charge in [0.25, 0.3) is 0 Å². The number of pyridine rings is 1. The first-order valence-corrected chi connectivity index (χ1v) is 9.17. The summed E-state index contributed by atoms with van der Waals surface area (Å²) >= 11 is 0. The summed E-state index contributed by atoms with van der Waals surface area (Å²) in [6.07, 6.45) is 1.55. The first-order valence-electron chi connectivity index (χ1n) is 7.62. The number of rotatable bonds is 3. The maximum absolute atomic E-state index is 14.4. The zero-order valence-corrected chi connectivity index (χ0v) is 14.6. The van der Waals surface area contributed by atoms with Crippen molar-refractivity contribution < 1.29 is 12.8 Å². The van der Waals surface area contributed by atoms with Crippen molar-refractivity contribution in [1.82, 2.24) is 4.98 Å². The van der Waals surface area contributed by atoms with Crippen LogP contribution in [0.3, 0.4) is 0 Å². The van der Waals surface area contributed by atoms with E-state index in [9.17, 15) is 12.8 Å². The van der Waals surface area contributed by atoms with Crippen molar-refractivity contribution in [3.63, 3.8) is 0 Å². The lowest BCUT2D eigenvalue weighted by Gasteiger charge is -2.12. The minimum absolute atomic E-state index is 0.0984. The van der Waals surface area contributed by atoms with Gasteiger partial charge in [-0.05, 0) is 43.7 Å². The normalized spacial score (nSPS) is 11.5. The Morgan fingerprint density at radius 2 is 1.64 bits per heavy atom. The second-order valence-corrected chi connectivity index (χ2v) is 7.52.